The third-order valence-corrected chi connectivity index (χ3v) is 2.14. The minimum atomic E-state index is -0.436. The van der Waals surface area contributed by atoms with Gasteiger partial charge in [-0.3, -0.25) is 0 Å². The molecule has 1 aromatic carbocycles. The number of carbonyl (C=O) groups is 1. The van der Waals surface area contributed by atoms with Crippen molar-refractivity contribution in [1.29, 1.82) is 0 Å². The van der Waals surface area contributed by atoms with Crippen molar-refractivity contribution < 1.29 is 9.53 Å². The van der Waals surface area contributed by atoms with Crippen LogP contribution in [0.25, 0.3) is 0 Å². The third kappa shape index (κ3) is 2.91. The highest BCUT2D eigenvalue weighted by Crippen LogP contribution is 2.24. The summed E-state index contributed by atoms with van der Waals surface area (Å²) in [5.41, 5.74) is 4.16. The summed E-state index contributed by atoms with van der Waals surface area (Å²) in [5, 5.41) is 0. The van der Waals surface area contributed by atoms with Crippen molar-refractivity contribution in [2.24, 2.45) is 4.99 Å². The van der Waals surface area contributed by atoms with Gasteiger partial charge in [-0.25, -0.2) is 9.79 Å². The van der Waals surface area contributed by atoms with Crippen molar-refractivity contribution in [2.45, 2.75) is 20.8 Å². The topological polar surface area (TPSA) is 38.7 Å². The molecule has 0 spiro atoms. The van der Waals surface area contributed by atoms with Gasteiger partial charge in [0, 0.05) is 0 Å². The molecule has 80 valence electrons. The van der Waals surface area contributed by atoms with Crippen LogP contribution in [0.3, 0.4) is 0 Å². The number of nitrogens with zero attached hydrogens (tertiary/aromatic N) is 1. The fourth-order valence-corrected chi connectivity index (χ4v) is 1.55. The van der Waals surface area contributed by atoms with Gasteiger partial charge in [-0.05, 0) is 31.9 Å². The van der Waals surface area contributed by atoms with Gasteiger partial charge in [-0.1, -0.05) is 17.7 Å². The highest BCUT2D eigenvalue weighted by Gasteiger charge is 2.02. The maximum atomic E-state index is 10.9. The van der Waals surface area contributed by atoms with Crippen LogP contribution >= 0.6 is 0 Å². The Balaban J connectivity index is 3.05. The van der Waals surface area contributed by atoms with E-state index in [1.54, 1.807) is 0 Å². The first-order valence-electron chi connectivity index (χ1n) is 4.74. The van der Waals surface area contributed by atoms with Gasteiger partial charge in [0.2, 0.25) is 0 Å². The molecule has 0 radical (unpaired) electrons. The Labute approximate surface area is 89.8 Å². The number of carbonyl (C=O) groups excluding carboxylic acids is 1. The molecule has 0 fully saturated rings. The van der Waals surface area contributed by atoms with Gasteiger partial charge in [-0.15, -0.1) is 0 Å². The van der Waals surface area contributed by atoms with E-state index < -0.39 is 5.97 Å². The van der Waals surface area contributed by atoms with Crippen LogP contribution < -0.4 is 0 Å². The molecule has 0 aliphatic rings. The van der Waals surface area contributed by atoms with E-state index in [0.29, 0.717) is 0 Å². The number of methoxy groups -OCH3 is 1. The fraction of sp³-hybridized carbons (Fsp3) is 0.333. The molecular weight excluding hydrogens is 190 g/mol. The molecule has 1 aromatic rings. The molecule has 0 aliphatic heterocycles. The van der Waals surface area contributed by atoms with Crippen LogP contribution in [0.15, 0.2) is 17.1 Å². The third-order valence-electron chi connectivity index (χ3n) is 2.14. The lowest BCUT2D eigenvalue weighted by molar-refractivity contribution is -0.132. The lowest BCUT2D eigenvalue weighted by Gasteiger charge is -2.05. The molecule has 0 bridgehead atoms. The van der Waals surface area contributed by atoms with Crippen LogP contribution in [0.4, 0.5) is 5.69 Å². The zero-order valence-corrected chi connectivity index (χ0v) is 9.50. The quantitative estimate of drug-likeness (QED) is 0.549. The van der Waals surface area contributed by atoms with Crippen LogP contribution in [0.5, 0.6) is 0 Å². The zero-order chi connectivity index (χ0) is 11.4. The van der Waals surface area contributed by atoms with Crippen LogP contribution in [0, 0.1) is 20.8 Å². The number of aryl methyl sites for hydroxylation is 3. The van der Waals surface area contributed by atoms with Crippen molar-refractivity contribution in [3.63, 3.8) is 0 Å². The Morgan fingerprint density at radius 2 is 1.80 bits per heavy atom. The zero-order valence-electron chi connectivity index (χ0n) is 9.50. The van der Waals surface area contributed by atoms with Crippen molar-refractivity contribution >= 4 is 17.9 Å². The summed E-state index contributed by atoms with van der Waals surface area (Å²) in [4.78, 5) is 15.0. The number of hydrogen-bond acceptors (Lipinski definition) is 3. The van der Waals surface area contributed by atoms with Crippen LogP contribution in [-0.4, -0.2) is 19.3 Å². The summed E-state index contributed by atoms with van der Waals surface area (Å²) >= 11 is 0. The molecule has 0 heterocycles. The molecule has 0 aromatic heterocycles. The second-order valence-corrected chi connectivity index (χ2v) is 3.53. The standard InChI is InChI=1S/C12H15NO2/c1-8-5-9(2)12(10(3)6-8)13-7-11(14)15-4/h5-7H,1-4H3. The second-order valence-electron chi connectivity index (χ2n) is 3.53. The molecule has 0 amide bonds. The van der Waals surface area contributed by atoms with Gasteiger partial charge < -0.3 is 4.74 Å². The molecule has 0 N–H and O–H groups in total. The van der Waals surface area contributed by atoms with Crippen LogP contribution in [0.1, 0.15) is 16.7 Å². The van der Waals surface area contributed by atoms with Gasteiger partial charge in [0.05, 0.1) is 12.8 Å². The number of benzene rings is 1. The molecule has 3 heteroatoms. The normalized spacial score (nSPS) is 10.7. The van der Waals surface area contributed by atoms with Gasteiger partial charge in [0.25, 0.3) is 0 Å². The number of esters is 1. The number of hydrogen-bond donors (Lipinski definition) is 0. The minimum Gasteiger partial charge on any atom is -0.465 e. The van der Waals surface area contributed by atoms with E-state index in [-0.39, 0.29) is 0 Å². The van der Waals surface area contributed by atoms with E-state index in [0.717, 1.165) is 16.8 Å². The Bertz CT molecular complexity index is 385. The van der Waals surface area contributed by atoms with E-state index in [9.17, 15) is 4.79 Å². The second kappa shape index (κ2) is 4.73. The van der Waals surface area contributed by atoms with Gasteiger partial charge in [0.15, 0.2) is 0 Å². The number of rotatable bonds is 2. The molecule has 15 heavy (non-hydrogen) atoms. The highest BCUT2D eigenvalue weighted by atomic mass is 16.5. The molecule has 0 saturated carbocycles. The first-order valence-corrected chi connectivity index (χ1v) is 4.74. The van der Waals surface area contributed by atoms with Crippen LogP contribution in [0.2, 0.25) is 0 Å². The summed E-state index contributed by atoms with van der Waals surface area (Å²) in [5.74, 6) is -0.436. The van der Waals surface area contributed by atoms with Gasteiger partial charge >= 0.3 is 5.97 Å². The molecule has 0 unspecified atom stereocenters. The van der Waals surface area contributed by atoms with Crippen molar-refractivity contribution in [3.8, 4) is 0 Å². The Morgan fingerprint density at radius 3 is 2.27 bits per heavy atom. The number of ether oxygens (including phenoxy) is 1. The van der Waals surface area contributed by atoms with Crippen molar-refractivity contribution in [2.75, 3.05) is 7.11 Å². The molecule has 0 saturated heterocycles. The first kappa shape index (κ1) is 11.4. The minimum absolute atomic E-state index is 0.436. The maximum Gasteiger partial charge on any atom is 0.349 e. The monoisotopic (exact) mass is 205 g/mol. The SMILES string of the molecule is COC(=O)C=Nc1c(C)cc(C)cc1C. The van der Waals surface area contributed by atoms with Gasteiger partial charge in [-0.2, -0.15) is 0 Å². The fourth-order valence-electron chi connectivity index (χ4n) is 1.55. The Kier molecular flexibility index (Phi) is 3.61. The largest absolute Gasteiger partial charge is 0.465 e. The average Bonchev–Trinajstić information content (AvgIpc) is 2.15. The summed E-state index contributed by atoms with van der Waals surface area (Å²) in [6, 6.07) is 4.08. The van der Waals surface area contributed by atoms with Gasteiger partial charge in [0.1, 0.15) is 6.21 Å². The molecule has 0 aliphatic carbocycles. The summed E-state index contributed by atoms with van der Waals surface area (Å²) in [7, 11) is 1.34. The van der Waals surface area contributed by atoms with E-state index in [2.05, 4.69) is 9.73 Å². The summed E-state index contributed by atoms with van der Waals surface area (Å²) in [6.07, 6.45) is 1.20. The predicted octanol–water partition coefficient (Wildman–Crippen LogP) is 2.49. The Hall–Kier alpha value is -1.64. The smallest absolute Gasteiger partial charge is 0.349 e. The predicted molar refractivity (Wildman–Crippen MR) is 60.8 cm³/mol. The Morgan fingerprint density at radius 1 is 1.27 bits per heavy atom. The molecule has 1 rings (SSSR count). The lowest BCUT2D eigenvalue weighted by atomic mass is 10.1. The van der Waals surface area contributed by atoms with E-state index in [1.807, 2.05) is 32.9 Å². The van der Waals surface area contributed by atoms with Crippen molar-refractivity contribution in [3.05, 3.63) is 28.8 Å². The van der Waals surface area contributed by atoms with E-state index >= 15 is 0 Å². The molecule has 3 nitrogen and oxygen atoms in total. The lowest BCUT2D eigenvalue weighted by Crippen LogP contribution is -2.00. The van der Waals surface area contributed by atoms with E-state index in [1.165, 1.54) is 18.9 Å². The summed E-state index contributed by atoms with van der Waals surface area (Å²) < 4.78 is 4.49. The average molecular weight is 205 g/mol. The number of aliphatic imine (C=N–C) groups is 1. The highest BCUT2D eigenvalue weighted by molar-refractivity contribution is 6.23. The van der Waals surface area contributed by atoms with E-state index in [4.69, 9.17) is 0 Å². The maximum absolute atomic E-state index is 10.9. The first-order chi connectivity index (χ1) is 7.04. The molecule has 0 atom stereocenters. The summed E-state index contributed by atoms with van der Waals surface area (Å²) in [6.45, 7) is 5.99. The van der Waals surface area contributed by atoms with Crippen molar-refractivity contribution in [1.82, 2.24) is 0 Å². The molecular formula is C12H15NO2. The van der Waals surface area contributed by atoms with Crippen LogP contribution in [-0.2, 0) is 9.53 Å².